The van der Waals surface area contributed by atoms with Crippen molar-refractivity contribution in [2.24, 2.45) is 0 Å². The molecule has 0 aliphatic carbocycles. The first kappa shape index (κ1) is 22.1. The summed E-state index contributed by atoms with van der Waals surface area (Å²) in [5.74, 6) is 0.742. The van der Waals surface area contributed by atoms with Crippen molar-refractivity contribution in [1.29, 1.82) is 0 Å². The molecule has 2 aromatic carbocycles. The first-order valence-corrected chi connectivity index (χ1v) is 11.7. The SMILES string of the molecule is CCC(C)(C)NC(=O)C(C)Sc1nnc(-c2c[nH]c3ccccc23)n1-c1cccc(C)c1. The van der Waals surface area contributed by atoms with Gasteiger partial charge in [-0.25, -0.2) is 0 Å². The normalized spacial score (nSPS) is 12.8. The van der Waals surface area contributed by atoms with Crippen LogP contribution >= 0.6 is 11.8 Å². The maximum Gasteiger partial charge on any atom is 0.233 e. The largest absolute Gasteiger partial charge is 0.360 e. The summed E-state index contributed by atoms with van der Waals surface area (Å²) < 4.78 is 2.04. The number of aryl methyl sites for hydroxylation is 1. The Hall–Kier alpha value is -3.06. The monoisotopic (exact) mass is 447 g/mol. The van der Waals surface area contributed by atoms with Gasteiger partial charge in [0.1, 0.15) is 0 Å². The van der Waals surface area contributed by atoms with Crippen LogP contribution in [0, 0.1) is 6.92 Å². The number of amides is 1. The Morgan fingerprint density at radius 2 is 1.97 bits per heavy atom. The highest BCUT2D eigenvalue weighted by Crippen LogP contribution is 2.34. The molecule has 166 valence electrons. The van der Waals surface area contributed by atoms with Crippen LogP contribution in [0.4, 0.5) is 0 Å². The minimum atomic E-state index is -0.315. The second kappa shape index (κ2) is 8.82. The molecule has 0 aliphatic rings. The molecule has 0 aliphatic heterocycles. The summed E-state index contributed by atoms with van der Waals surface area (Å²) in [6, 6.07) is 16.4. The maximum absolute atomic E-state index is 12.8. The van der Waals surface area contributed by atoms with E-state index in [-0.39, 0.29) is 16.7 Å². The van der Waals surface area contributed by atoms with Gasteiger partial charge >= 0.3 is 0 Å². The molecule has 0 radical (unpaired) electrons. The third-order valence-corrected chi connectivity index (χ3v) is 6.76. The van der Waals surface area contributed by atoms with Crippen molar-refractivity contribution in [2.75, 3.05) is 0 Å². The van der Waals surface area contributed by atoms with Gasteiger partial charge in [-0.05, 0) is 57.9 Å². The van der Waals surface area contributed by atoms with Crippen LogP contribution in [0.5, 0.6) is 0 Å². The van der Waals surface area contributed by atoms with Crippen LogP contribution in [0.15, 0.2) is 59.9 Å². The van der Waals surface area contributed by atoms with E-state index in [4.69, 9.17) is 0 Å². The lowest BCUT2D eigenvalue weighted by molar-refractivity contribution is -0.121. The Labute approximate surface area is 192 Å². The lowest BCUT2D eigenvalue weighted by Crippen LogP contribution is -2.46. The van der Waals surface area contributed by atoms with Crippen molar-refractivity contribution in [3.63, 3.8) is 0 Å². The third-order valence-electron chi connectivity index (χ3n) is 5.72. The van der Waals surface area contributed by atoms with Crippen LogP contribution in [0.25, 0.3) is 28.0 Å². The lowest BCUT2D eigenvalue weighted by atomic mass is 10.0. The van der Waals surface area contributed by atoms with E-state index in [9.17, 15) is 4.79 Å². The Morgan fingerprint density at radius 3 is 2.72 bits per heavy atom. The number of hydrogen-bond donors (Lipinski definition) is 2. The minimum absolute atomic E-state index is 0.00529. The van der Waals surface area contributed by atoms with Gasteiger partial charge in [0.2, 0.25) is 5.91 Å². The molecule has 0 saturated carbocycles. The highest BCUT2D eigenvalue weighted by atomic mass is 32.2. The number of nitrogens with one attached hydrogen (secondary N) is 2. The summed E-state index contributed by atoms with van der Waals surface area (Å²) in [4.78, 5) is 16.2. The number of nitrogens with zero attached hydrogens (tertiary/aromatic N) is 3. The molecule has 32 heavy (non-hydrogen) atoms. The van der Waals surface area contributed by atoms with E-state index in [0.717, 1.165) is 40.0 Å². The van der Waals surface area contributed by atoms with Gasteiger partial charge in [0.15, 0.2) is 11.0 Å². The van der Waals surface area contributed by atoms with Crippen molar-refractivity contribution in [2.45, 2.75) is 57.0 Å². The Kier molecular flexibility index (Phi) is 6.11. The number of rotatable bonds is 7. The number of carbonyl (C=O) groups excluding carboxylic acids is 1. The van der Waals surface area contributed by atoms with E-state index in [1.165, 1.54) is 11.8 Å². The Morgan fingerprint density at radius 1 is 1.19 bits per heavy atom. The number of fused-ring (bicyclic) bond motifs is 1. The number of para-hydroxylation sites is 1. The molecule has 1 amide bonds. The highest BCUT2D eigenvalue weighted by Gasteiger charge is 2.26. The molecule has 4 aromatic rings. The van der Waals surface area contributed by atoms with Crippen LogP contribution in [0.2, 0.25) is 0 Å². The van der Waals surface area contributed by atoms with Crippen LogP contribution in [0.1, 0.15) is 39.7 Å². The maximum atomic E-state index is 12.8. The summed E-state index contributed by atoms with van der Waals surface area (Å²) in [6.07, 6.45) is 2.83. The molecule has 0 saturated heterocycles. The first-order valence-electron chi connectivity index (χ1n) is 10.9. The minimum Gasteiger partial charge on any atom is -0.360 e. The average molecular weight is 448 g/mol. The molecule has 1 atom stereocenters. The summed E-state index contributed by atoms with van der Waals surface area (Å²) in [5.41, 5.74) is 3.90. The van der Waals surface area contributed by atoms with Crippen molar-refractivity contribution >= 4 is 28.6 Å². The molecule has 0 spiro atoms. The second-order valence-corrected chi connectivity index (χ2v) is 10.0. The molecular weight excluding hydrogens is 418 g/mol. The van der Waals surface area contributed by atoms with Gasteiger partial charge in [0.05, 0.1) is 5.25 Å². The van der Waals surface area contributed by atoms with Crippen molar-refractivity contribution in [3.8, 4) is 17.1 Å². The smallest absolute Gasteiger partial charge is 0.233 e. The van der Waals surface area contributed by atoms with Gasteiger partial charge in [-0.3, -0.25) is 9.36 Å². The number of carbonyl (C=O) groups is 1. The van der Waals surface area contributed by atoms with Crippen LogP contribution in [-0.4, -0.2) is 36.4 Å². The summed E-state index contributed by atoms with van der Waals surface area (Å²) >= 11 is 1.42. The molecular formula is C25H29N5OS. The molecule has 1 unspecified atom stereocenters. The lowest BCUT2D eigenvalue weighted by Gasteiger charge is -2.26. The number of aromatic nitrogens is 4. The van der Waals surface area contributed by atoms with Crippen molar-refractivity contribution in [3.05, 3.63) is 60.3 Å². The second-order valence-electron chi connectivity index (χ2n) is 8.72. The predicted molar refractivity (Wildman–Crippen MR) is 131 cm³/mol. The molecule has 0 fully saturated rings. The van der Waals surface area contributed by atoms with Gasteiger partial charge in [0.25, 0.3) is 0 Å². The van der Waals surface area contributed by atoms with E-state index >= 15 is 0 Å². The molecule has 2 heterocycles. The number of benzene rings is 2. The van der Waals surface area contributed by atoms with E-state index < -0.39 is 0 Å². The number of aromatic amines is 1. The fraction of sp³-hybridized carbons (Fsp3) is 0.320. The zero-order valence-corrected chi connectivity index (χ0v) is 20.0. The number of thioether (sulfide) groups is 1. The summed E-state index contributed by atoms with van der Waals surface area (Å²) in [6.45, 7) is 10.1. The van der Waals surface area contributed by atoms with E-state index in [1.807, 2.05) is 61.9 Å². The van der Waals surface area contributed by atoms with Crippen LogP contribution < -0.4 is 5.32 Å². The number of H-pyrrole nitrogens is 1. The molecule has 2 N–H and O–H groups in total. The predicted octanol–water partition coefficient (Wildman–Crippen LogP) is 5.51. The quantitative estimate of drug-likeness (QED) is 0.366. The molecule has 7 heteroatoms. The van der Waals surface area contributed by atoms with Crippen molar-refractivity contribution in [1.82, 2.24) is 25.1 Å². The van der Waals surface area contributed by atoms with E-state index in [0.29, 0.717) is 5.16 Å². The Balaban J connectivity index is 1.76. The topological polar surface area (TPSA) is 75.6 Å². The average Bonchev–Trinajstić information content (AvgIpc) is 3.37. The van der Waals surface area contributed by atoms with E-state index in [1.54, 1.807) is 0 Å². The van der Waals surface area contributed by atoms with Gasteiger partial charge in [-0.15, -0.1) is 10.2 Å². The van der Waals surface area contributed by atoms with Gasteiger partial charge in [-0.1, -0.05) is 49.0 Å². The summed E-state index contributed by atoms with van der Waals surface area (Å²) in [5, 5.41) is 13.7. The van der Waals surface area contributed by atoms with Gasteiger partial charge < -0.3 is 10.3 Å². The van der Waals surface area contributed by atoms with Crippen LogP contribution in [-0.2, 0) is 4.79 Å². The van der Waals surface area contributed by atoms with E-state index in [2.05, 4.69) is 52.5 Å². The highest BCUT2D eigenvalue weighted by molar-refractivity contribution is 8.00. The number of hydrogen-bond acceptors (Lipinski definition) is 4. The zero-order valence-electron chi connectivity index (χ0n) is 19.1. The molecule has 2 aromatic heterocycles. The third kappa shape index (κ3) is 4.43. The van der Waals surface area contributed by atoms with Gasteiger partial charge in [0, 0.05) is 33.9 Å². The Bertz CT molecular complexity index is 1260. The van der Waals surface area contributed by atoms with Crippen LogP contribution in [0.3, 0.4) is 0 Å². The van der Waals surface area contributed by atoms with Gasteiger partial charge in [-0.2, -0.15) is 0 Å². The summed E-state index contributed by atoms with van der Waals surface area (Å²) in [7, 11) is 0. The fourth-order valence-corrected chi connectivity index (χ4v) is 4.38. The molecule has 6 nitrogen and oxygen atoms in total. The van der Waals surface area contributed by atoms with Crippen molar-refractivity contribution < 1.29 is 4.79 Å². The fourth-order valence-electron chi connectivity index (χ4n) is 3.51. The molecule has 4 rings (SSSR count). The first-order chi connectivity index (χ1) is 15.3. The standard InChI is InChI=1S/C25H29N5OS/c1-6-25(4,5)27-23(31)17(3)32-24-29-28-22(30(24)18-11-9-10-16(2)14-18)20-15-26-21-13-8-7-12-19(20)21/h7-15,17,26H,6H2,1-5H3,(H,27,31). The molecule has 0 bridgehead atoms. The zero-order chi connectivity index (χ0) is 22.9.